The van der Waals surface area contributed by atoms with E-state index in [0.717, 1.165) is 16.3 Å². The van der Waals surface area contributed by atoms with Gasteiger partial charge in [0.2, 0.25) is 0 Å². The summed E-state index contributed by atoms with van der Waals surface area (Å²) in [6.07, 6.45) is 2.70. The predicted molar refractivity (Wildman–Crippen MR) is 102 cm³/mol. The Morgan fingerprint density at radius 2 is 1.73 bits per heavy atom. The Morgan fingerprint density at radius 3 is 2.38 bits per heavy atom. The molecule has 0 fully saturated rings. The first-order chi connectivity index (χ1) is 12.7. The van der Waals surface area contributed by atoms with Gasteiger partial charge in [0.1, 0.15) is 22.1 Å². The highest BCUT2D eigenvalue weighted by Gasteiger charge is 2.18. The van der Waals surface area contributed by atoms with Crippen molar-refractivity contribution in [3.63, 3.8) is 0 Å². The van der Waals surface area contributed by atoms with Crippen molar-refractivity contribution in [2.75, 3.05) is 14.2 Å². The van der Waals surface area contributed by atoms with Crippen LogP contribution in [-0.4, -0.2) is 25.1 Å². The molecule has 6 heteroatoms. The van der Waals surface area contributed by atoms with Gasteiger partial charge in [-0.05, 0) is 17.7 Å². The molecule has 0 radical (unpaired) electrons. The summed E-state index contributed by atoms with van der Waals surface area (Å²) >= 11 is 1.60. The number of rotatable bonds is 7. The van der Waals surface area contributed by atoms with Crippen molar-refractivity contribution in [1.29, 1.82) is 0 Å². The average Bonchev–Trinajstić information content (AvgIpc) is 3.13. The molecule has 2 aromatic carbocycles. The summed E-state index contributed by atoms with van der Waals surface area (Å²) in [5.74, 6) is 0.704. The molecule has 0 atom stereocenters. The van der Waals surface area contributed by atoms with E-state index in [2.05, 4.69) is 22.4 Å². The molecule has 0 saturated heterocycles. The molecule has 0 bridgehead atoms. The van der Waals surface area contributed by atoms with E-state index in [1.807, 2.05) is 24.4 Å². The van der Waals surface area contributed by atoms with Crippen LogP contribution in [-0.2, 0) is 13.0 Å². The Labute approximate surface area is 156 Å². The third-order valence-electron chi connectivity index (χ3n) is 3.88. The zero-order valence-corrected chi connectivity index (χ0v) is 15.5. The van der Waals surface area contributed by atoms with E-state index < -0.39 is 0 Å². The van der Waals surface area contributed by atoms with Crippen molar-refractivity contribution in [2.45, 2.75) is 13.0 Å². The molecular weight excluding hydrogens is 348 g/mol. The fourth-order valence-electron chi connectivity index (χ4n) is 2.63. The number of carbonyl (C=O) groups excluding carboxylic acids is 1. The highest BCUT2D eigenvalue weighted by atomic mass is 32.1. The molecular formula is C20H20N2O3S. The Hall–Kier alpha value is -2.86. The number of methoxy groups -OCH3 is 2. The largest absolute Gasteiger partial charge is 0.496 e. The summed E-state index contributed by atoms with van der Waals surface area (Å²) in [5.41, 5.74) is 1.63. The predicted octanol–water partition coefficient (Wildman–Crippen LogP) is 3.68. The number of ether oxygens (including phenoxy) is 2. The van der Waals surface area contributed by atoms with E-state index >= 15 is 0 Å². The second kappa shape index (κ2) is 8.49. The minimum atomic E-state index is -0.251. The zero-order chi connectivity index (χ0) is 18.4. The van der Waals surface area contributed by atoms with Gasteiger partial charge in [0, 0.05) is 17.5 Å². The van der Waals surface area contributed by atoms with Crippen LogP contribution in [0.15, 0.2) is 54.7 Å². The molecule has 5 nitrogen and oxygen atoms in total. The Bertz CT molecular complexity index is 856. The molecule has 0 unspecified atom stereocenters. The van der Waals surface area contributed by atoms with Gasteiger partial charge in [0.25, 0.3) is 5.91 Å². The van der Waals surface area contributed by atoms with Crippen molar-refractivity contribution in [3.05, 3.63) is 75.7 Å². The lowest BCUT2D eigenvalue weighted by molar-refractivity contribution is 0.0944. The number of thiazole rings is 1. The van der Waals surface area contributed by atoms with Crippen LogP contribution in [0.1, 0.15) is 25.8 Å². The summed E-state index contributed by atoms with van der Waals surface area (Å²) < 4.78 is 10.6. The van der Waals surface area contributed by atoms with Crippen molar-refractivity contribution < 1.29 is 14.3 Å². The quantitative estimate of drug-likeness (QED) is 0.691. The molecule has 134 valence electrons. The average molecular weight is 368 g/mol. The van der Waals surface area contributed by atoms with Crippen LogP contribution < -0.4 is 14.8 Å². The van der Waals surface area contributed by atoms with Crippen LogP contribution in [0.2, 0.25) is 0 Å². The number of aromatic nitrogens is 1. The second-order valence-corrected chi connectivity index (χ2v) is 6.80. The van der Waals surface area contributed by atoms with Gasteiger partial charge in [0.05, 0.1) is 20.8 Å². The van der Waals surface area contributed by atoms with E-state index in [-0.39, 0.29) is 5.91 Å². The third-order valence-corrected chi connectivity index (χ3v) is 4.87. The number of nitrogens with zero attached hydrogens (tertiary/aromatic N) is 1. The number of nitrogens with one attached hydrogen (secondary N) is 1. The topological polar surface area (TPSA) is 60.5 Å². The fraction of sp³-hybridized carbons (Fsp3) is 0.200. The maximum atomic E-state index is 12.6. The SMILES string of the molecule is COc1cccc(OC)c1C(=O)NCc1ncc(Cc2ccccc2)s1. The summed E-state index contributed by atoms with van der Waals surface area (Å²) in [6.45, 7) is 0.361. The normalized spacial score (nSPS) is 10.4. The number of hydrogen-bond acceptors (Lipinski definition) is 5. The van der Waals surface area contributed by atoms with Gasteiger partial charge in [-0.3, -0.25) is 4.79 Å². The van der Waals surface area contributed by atoms with Crippen molar-refractivity contribution in [2.24, 2.45) is 0 Å². The molecule has 0 spiro atoms. The third kappa shape index (κ3) is 4.21. The van der Waals surface area contributed by atoms with Gasteiger partial charge in [-0.2, -0.15) is 0 Å². The number of benzene rings is 2. The maximum Gasteiger partial charge on any atom is 0.259 e. The number of hydrogen-bond donors (Lipinski definition) is 1. The first kappa shape index (κ1) is 17.9. The van der Waals surface area contributed by atoms with E-state index in [1.165, 1.54) is 19.8 Å². The van der Waals surface area contributed by atoms with Crippen molar-refractivity contribution in [3.8, 4) is 11.5 Å². The minimum Gasteiger partial charge on any atom is -0.496 e. The van der Waals surface area contributed by atoms with Crippen LogP contribution >= 0.6 is 11.3 Å². The van der Waals surface area contributed by atoms with E-state index in [0.29, 0.717) is 23.6 Å². The lowest BCUT2D eigenvalue weighted by atomic mass is 10.1. The lowest BCUT2D eigenvalue weighted by Crippen LogP contribution is -2.23. The molecule has 0 aliphatic rings. The monoisotopic (exact) mass is 368 g/mol. The van der Waals surface area contributed by atoms with Crippen LogP contribution in [0.5, 0.6) is 11.5 Å². The molecule has 0 saturated carbocycles. The second-order valence-electron chi connectivity index (χ2n) is 5.60. The molecule has 3 rings (SSSR count). The highest BCUT2D eigenvalue weighted by molar-refractivity contribution is 7.11. The smallest absolute Gasteiger partial charge is 0.259 e. The Balaban J connectivity index is 1.66. The van der Waals surface area contributed by atoms with Crippen molar-refractivity contribution in [1.82, 2.24) is 10.3 Å². The molecule has 26 heavy (non-hydrogen) atoms. The van der Waals surface area contributed by atoms with Gasteiger partial charge in [0.15, 0.2) is 0 Å². The van der Waals surface area contributed by atoms with Crippen LogP contribution in [0.25, 0.3) is 0 Å². The van der Waals surface area contributed by atoms with Gasteiger partial charge >= 0.3 is 0 Å². The summed E-state index contributed by atoms with van der Waals surface area (Å²) in [5, 5.41) is 3.75. The number of carbonyl (C=O) groups is 1. The summed E-state index contributed by atoms with van der Waals surface area (Å²) in [7, 11) is 3.06. The molecule has 0 aliphatic carbocycles. The van der Waals surface area contributed by atoms with Gasteiger partial charge in [-0.25, -0.2) is 4.98 Å². The van der Waals surface area contributed by atoms with Crippen LogP contribution in [0, 0.1) is 0 Å². The van der Waals surface area contributed by atoms with Crippen molar-refractivity contribution >= 4 is 17.2 Å². The molecule has 1 heterocycles. The number of amides is 1. The van der Waals surface area contributed by atoms with Gasteiger partial charge in [-0.15, -0.1) is 11.3 Å². The van der Waals surface area contributed by atoms with E-state index in [1.54, 1.807) is 29.5 Å². The summed E-state index contributed by atoms with van der Waals surface area (Å²) in [6, 6.07) is 15.5. The maximum absolute atomic E-state index is 12.6. The van der Waals surface area contributed by atoms with E-state index in [9.17, 15) is 4.79 Å². The van der Waals surface area contributed by atoms with Crippen LogP contribution in [0.4, 0.5) is 0 Å². The molecule has 1 N–H and O–H groups in total. The van der Waals surface area contributed by atoms with Gasteiger partial charge < -0.3 is 14.8 Å². The first-order valence-electron chi connectivity index (χ1n) is 8.18. The van der Waals surface area contributed by atoms with E-state index in [4.69, 9.17) is 9.47 Å². The van der Waals surface area contributed by atoms with Gasteiger partial charge in [-0.1, -0.05) is 36.4 Å². The lowest BCUT2D eigenvalue weighted by Gasteiger charge is -2.12. The van der Waals surface area contributed by atoms with Crippen LogP contribution in [0.3, 0.4) is 0 Å². The molecule has 3 aromatic rings. The fourth-order valence-corrected chi connectivity index (χ4v) is 3.52. The Morgan fingerprint density at radius 1 is 1.04 bits per heavy atom. The molecule has 1 amide bonds. The summed E-state index contributed by atoms with van der Waals surface area (Å²) in [4.78, 5) is 18.1. The standard InChI is InChI=1S/C20H20N2O3S/c1-24-16-9-6-10-17(25-2)19(16)20(23)22-13-18-21-12-15(26-18)11-14-7-4-3-5-8-14/h3-10,12H,11,13H2,1-2H3,(H,22,23). The first-order valence-corrected chi connectivity index (χ1v) is 8.99. The molecule has 0 aliphatic heterocycles. The zero-order valence-electron chi connectivity index (χ0n) is 14.7. The molecule has 1 aromatic heterocycles. The highest BCUT2D eigenvalue weighted by Crippen LogP contribution is 2.28. The minimum absolute atomic E-state index is 0.251. The Kier molecular flexibility index (Phi) is 5.86.